The molecule has 128 valence electrons. The first-order chi connectivity index (χ1) is 11.5. The molecule has 2 aromatic rings. The number of esters is 1. The van der Waals surface area contributed by atoms with Gasteiger partial charge in [-0.1, -0.05) is 31.2 Å². The standard InChI is InChI=1S/C16H17NO3.C2H4O2/c1-2-11-17-15-13(18)9-6-10-14(15)20-16(19)12-7-4-3-5-8-12;1-2(3)4/h3-10,17-18H,2,11H2,1H3;1H3,(H,3,4). The fourth-order valence-electron chi connectivity index (χ4n) is 1.77. The predicted octanol–water partition coefficient (Wildman–Crippen LogP) is 3.52. The Labute approximate surface area is 140 Å². The summed E-state index contributed by atoms with van der Waals surface area (Å²) in [5, 5.41) is 20.3. The highest BCUT2D eigenvalue weighted by molar-refractivity contribution is 5.92. The van der Waals surface area contributed by atoms with E-state index in [0.717, 1.165) is 13.3 Å². The number of hydrogen-bond donors (Lipinski definition) is 3. The molecule has 0 saturated carbocycles. The number of aromatic hydroxyl groups is 1. The first-order valence-corrected chi connectivity index (χ1v) is 7.48. The van der Waals surface area contributed by atoms with Crippen LogP contribution in [0.15, 0.2) is 48.5 Å². The Morgan fingerprint density at radius 3 is 2.29 bits per heavy atom. The largest absolute Gasteiger partial charge is 0.506 e. The third kappa shape index (κ3) is 6.39. The Balaban J connectivity index is 0.000000648. The summed E-state index contributed by atoms with van der Waals surface area (Å²) in [4.78, 5) is 21.0. The Morgan fingerprint density at radius 1 is 1.08 bits per heavy atom. The Hall–Kier alpha value is -3.02. The van der Waals surface area contributed by atoms with Crippen molar-refractivity contribution in [2.24, 2.45) is 0 Å². The third-order valence-electron chi connectivity index (χ3n) is 2.77. The number of ether oxygens (including phenoxy) is 1. The number of nitrogens with one attached hydrogen (secondary N) is 1. The van der Waals surface area contributed by atoms with Crippen molar-refractivity contribution in [1.29, 1.82) is 0 Å². The number of hydrogen-bond acceptors (Lipinski definition) is 5. The molecule has 0 aliphatic heterocycles. The lowest BCUT2D eigenvalue weighted by Gasteiger charge is -2.13. The van der Waals surface area contributed by atoms with E-state index in [9.17, 15) is 9.90 Å². The van der Waals surface area contributed by atoms with Crippen LogP contribution in [-0.4, -0.2) is 28.7 Å². The van der Waals surface area contributed by atoms with Crippen LogP contribution in [0.5, 0.6) is 11.5 Å². The molecule has 0 aliphatic rings. The summed E-state index contributed by atoms with van der Waals surface area (Å²) in [6.45, 7) is 3.79. The molecule has 2 aromatic carbocycles. The molecule has 0 radical (unpaired) electrons. The zero-order valence-electron chi connectivity index (χ0n) is 13.7. The number of anilines is 1. The van der Waals surface area contributed by atoms with Gasteiger partial charge in [0.25, 0.3) is 5.97 Å². The van der Waals surface area contributed by atoms with Crippen molar-refractivity contribution >= 4 is 17.6 Å². The first-order valence-electron chi connectivity index (χ1n) is 7.48. The van der Waals surface area contributed by atoms with E-state index >= 15 is 0 Å². The highest BCUT2D eigenvalue weighted by Crippen LogP contribution is 2.33. The second-order valence-electron chi connectivity index (χ2n) is 4.85. The summed E-state index contributed by atoms with van der Waals surface area (Å²) in [7, 11) is 0. The van der Waals surface area contributed by atoms with Crippen molar-refractivity contribution in [3.63, 3.8) is 0 Å². The number of carbonyl (C=O) groups is 2. The zero-order valence-corrected chi connectivity index (χ0v) is 13.7. The molecule has 0 bridgehead atoms. The molecule has 0 aliphatic carbocycles. The molecule has 6 nitrogen and oxygen atoms in total. The van der Waals surface area contributed by atoms with Crippen molar-refractivity contribution in [3.05, 3.63) is 54.1 Å². The van der Waals surface area contributed by atoms with Crippen LogP contribution in [0.1, 0.15) is 30.6 Å². The summed E-state index contributed by atoms with van der Waals surface area (Å²) in [5.41, 5.74) is 0.913. The van der Waals surface area contributed by atoms with Crippen LogP contribution in [0.25, 0.3) is 0 Å². The van der Waals surface area contributed by atoms with Gasteiger partial charge in [-0.15, -0.1) is 0 Å². The normalized spacial score (nSPS) is 9.42. The smallest absolute Gasteiger partial charge is 0.343 e. The number of carboxylic acid groups (broad SMARTS) is 1. The monoisotopic (exact) mass is 331 g/mol. The molecule has 0 amide bonds. The third-order valence-corrected chi connectivity index (χ3v) is 2.77. The maximum atomic E-state index is 12.0. The lowest BCUT2D eigenvalue weighted by molar-refractivity contribution is -0.134. The number of phenols is 1. The molecule has 24 heavy (non-hydrogen) atoms. The van der Waals surface area contributed by atoms with E-state index in [0.29, 0.717) is 23.5 Å². The number of carbonyl (C=O) groups excluding carboxylic acids is 1. The number of phenolic OH excluding ortho intramolecular Hbond substituents is 1. The van der Waals surface area contributed by atoms with Gasteiger partial charge in [-0.3, -0.25) is 4.79 Å². The van der Waals surface area contributed by atoms with Crippen molar-refractivity contribution in [2.75, 3.05) is 11.9 Å². The molecule has 3 N–H and O–H groups in total. The van der Waals surface area contributed by atoms with Crippen molar-refractivity contribution in [3.8, 4) is 11.5 Å². The van der Waals surface area contributed by atoms with Crippen LogP contribution in [0.2, 0.25) is 0 Å². The van der Waals surface area contributed by atoms with E-state index in [1.807, 2.05) is 13.0 Å². The predicted molar refractivity (Wildman–Crippen MR) is 91.6 cm³/mol. The zero-order chi connectivity index (χ0) is 17.9. The molecule has 0 saturated heterocycles. The number of benzene rings is 2. The minimum Gasteiger partial charge on any atom is -0.506 e. The molecule has 0 heterocycles. The van der Waals surface area contributed by atoms with E-state index in [-0.39, 0.29) is 5.75 Å². The number of carboxylic acids is 1. The number of rotatable bonds is 5. The van der Waals surface area contributed by atoms with E-state index in [4.69, 9.17) is 14.6 Å². The fourth-order valence-corrected chi connectivity index (χ4v) is 1.77. The van der Waals surface area contributed by atoms with Gasteiger partial charge >= 0.3 is 5.97 Å². The highest BCUT2D eigenvalue weighted by atomic mass is 16.5. The lowest BCUT2D eigenvalue weighted by atomic mass is 10.2. The fraction of sp³-hybridized carbons (Fsp3) is 0.222. The second kappa shape index (κ2) is 9.89. The van der Waals surface area contributed by atoms with Crippen molar-refractivity contribution < 1.29 is 24.5 Å². The molecule has 0 atom stereocenters. The van der Waals surface area contributed by atoms with Crippen molar-refractivity contribution in [2.45, 2.75) is 20.3 Å². The average Bonchev–Trinajstić information content (AvgIpc) is 2.54. The van der Waals surface area contributed by atoms with Gasteiger partial charge in [-0.05, 0) is 30.7 Å². The molecular weight excluding hydrogens is 310 g/mol. The molecule has 0 spiro atoms. The summed E-state index contributed by atoms with van der Waals surface area (Å²) in [6.07, 6.45) is 0.903. The second-order valence-corrected chi connectivity index (χ2v) is 4.85. The minimum atomic E-state index is -0.833. The Bertz CT molecular complexity index is 666. The molecule has 0 unspecified atom stereocenters. The molecule has 6 heteroatoms. The van der Waals surface area contributed by atoms with E-state index < -0.39 is 11.9 Å². The molecular formula is C18H21NO5. The minimum absolute atomic E-state index is 0.0665. The van der Waals surface area contributed by atoms with Gasteiger partial charge in [-0.2, -0.15) is 0 Å². The summed E-state index contributed by atoms with van der Waals surface area (Å²) in [5.74, 6) is -0.889. The van der Waals surface area contributed by atoms with Crippen molar-refractivity contribution in [1.82, 2.24) is 0 Å². The van der Waals surface area contributed by atoms with Crippen LogP contribution in [0.3, 0.4) is 0 Å². The van der Waals surface area contributed by atoms with E-state index in [1.165, 1.54) is 0 Å². The van der Waals surface area contributed by atoms with Crippen LogP contribution in [0, 0.1) is 0 Å². The van der Waals surface area contributed by atoms with Gasteiger partial charge in [0, 0.05) is 13.5 Å². The Kier molecular flexibility index (Phi) is 7.84. The van der Waals surface area contributed by atoms with Gasteiger partial charge in [0.1, 0.15) is 11.4 Å². The van der Waals surface area contributed by atoms with Crippen LogP contribution in [0.4, 0.5) is 5.69 Å². The van der Waals surface area contributed by atoms with Gasteiger partial charge in [0.2, 0.25) is 0 Å². The average molecular weight is 331 g/mol. The van der Waals surface area contributed by atoms with Gasteiger partial charge in [0.05, 0.1) is 5.56 Å². The first kappa shape index (κ1) is 19.0. The molecule has 0 fully saturated rings. The van der Waals surface area contributed by atoms with Gasteiger partial charge < -0.3 is 20.3 Å². The number of aliphatic carboxylic acids is 1. The topological polar surface area (TPSA) is 95.9 Å². The summed E-state index contributed by atoms with van der Waals surface area (Å²) < 4.78 is 5.35. The maximum absolute atomic E-state index is 12.0. The lowest BCUT2D eigenvalue weighted by Crippen LogP contribution is -2.10. The van der Waals surface area contributed by atoms with Crippen LogP contribution < -0.4 is 10.1 Å². The highest BCUT2D eigenvalue weighted by Gasteiger charge is 2.13. The summed E-state index contributed by atoms with van der Waals surface area (Å²) >= 11 is 0. The van der Waals surface area contributed by atoms with Gasteiger partial charge in [0.15, 0.2) is 5.75 Å². The van der Waals surface area contributed by atoms with E-state index in [1.54, 1.807) is 42.5 Å². The Morgan fingerprint density at radius 2 is 1.71 bits per heavy atom. The SMILES string of the molecule is CC(=O)O.CCCNc1c(O)cccc1OC(=O)c1ccccc1. The molecule has 0 aromatic heterocycles. The molecule has 2 rings (SSSR count). The quantitative estimate of drug-likeness (QED) is 0.441. The van der Waals surface area contributed by atoms with Crippen LogP contribution >= 0.6 is 0 Å². The van der Waals surface area contributed by atoms with Crippen LogP contribution in [-0.2, 0) is 4.79 Å². The van der Waals surface area contributed by atoms with Gasteiger partial charge in [-0.25, -0.2) is 4.79 Å². The number of para-hydroxylation sites is 1. The maximum Gasteiger partial charge on any atom is 0.343 e. The summed E-state index contributed by atoms with van der Waals surface area (Å²) in [6, 6.07) is 13.6. The van der Waals surface area contributed by atoms with E-state index in [2.05, 4.69) is 5.32 Å².